The second kappa shape index (κ2) is 19.2. The summed E-state index contributed by atoms with van der Waals surface area (Å²) in [6.07, 6.45) is 13.3. The lowest BCUT2D eigenvalue weighted by molar-refractivity contribution is -0.119. The molecule has 1 unspecified atom stereocenters. The molecule has 7 nitrogen and oxygen atoms in total. The maximum Gasteiger partial charge on any atom is 0.134 e. The second-order valence-corrected chi connectivity index (χ2v) is 11.8. The van der Waals surface area contributed by atoms with Crippen LogP contribution in [0.25, 0.3) is 0 Å². The van der Waals surface area contributed by atoms with E-state index in [1.54, 1.807) is 6.92 Å². The lowest BCUT2D eigenvalue weighted by atomic mass is 9.87. The number of hydrogen-bond acceptors (Lipinski definition) is 7. The molecule has 0 bridgehead atoms. The van der Waals surface area contributed by atoms with Crippen LogP contribution in [-0.4, -0.2) is 108 Å². The molecule has 2 N–H and O–H groups in total. The van der Waals surface area contributed by atoms with Crippen LogP contribution < -0.4 is 0 Å². The van der Waals surface area contributed by atoms with Gasteiger partial charge in [0.15, 0.2) is 0 Å². The Balaban J connectivity index is 1.52. The number of hydrogen-bond donors (Lipinski definition) is 2. The summed E-state index contributed by atoms with van der Waals surface area (Å²) in [4.78, 5) is 30.9. The van der Waals surface area contributed by atoms with Crippen LogP contribution in [0, 0.1) is 11.8 Å². The number of ketones is 2. The van der Waals surface area contributed by atoms with E-state index in [4.69, 9.17) is 5.11 Å². The number of nitrogens with zero attached hydrogens (tertiary/aromatic N) is 3. The minimum absolute atomic E-state index is 0.167. The summed E-state index contributed by atoms with van der Waals surface area (Å²) in [6.45, 7) is 12.4. The Morgan fingerprint density at radius 1 is 0.838 bits per heavy atom. The normalized spacial score (nSPS) is 19.5. The maximum absolute atomic E-state index is 12.5. The van der Waals surface area contributed by atoms with E-state index in [1.165, 1.54) is 71.0 Å². The van der Waals surface area contributed by atoms with E-state index in [-0.39, 0.29) is 12.4 Å². The van der Waals surface area contributed by atoms with Crippen molar-refractivity contribution < 1.29 is 19.8 Å². The molecule has 7 heteroatoms. The topological polar surface area (TPSA) is 84.3 Å². The molecule has 1 atom stereocenters. The molecule has 0 aromatic heterocycles. The molecule has 37 heavy (non-hydrogen) atoms. The van der Waals surface area contributed by atoms with Gasteiger partial charge in [0.25, 0.3) is 0 Å². The minimum Gasteiger partial charge on any atom is -0.394 e. The molecule has 0 aromatic carbocycles. The molecule has 2 heterocycles. The summed E-state index contributed by atoms with van der Waals surface area (Å²) in [7, 11) is 0. The minimum atomic E-state index is -0.778. The fraction of sp³-hybridized carbons (Fsp3) is 0.933. The van der Waals surface area contributed by atoms with Crippen molar-refractivity contribution in [1.82, 2.24) is 14.7 Å². The van der Waals surface area contributed by atoms with E-state index in [0.717, 1.165) is 44.3 Å². The predicted molar refractivity (Wildman–Crippen MR) is 151 cm³/mol. The van der Waals surface area contributed by atoms with Crippen LogP contribution in [0.2, 0.25) is 0 Å². The van der Waals surface area contributed by atoms with Gasteiger partial charge in [0.2, 0.25) is 0 Å². The van der Waals surface area contributed by atoms with Gasteiger partial charge in [-0.3, -0.25) is 4.79 Å². The smallest absolute Gasteiger partial charge is 0.134 e. The van der Waals surface area contributed by atoms with Gasteiger partial charge in [-0.25, -0.2) is 0 Å². The summed E-state index contributed by atoms with van der Waals surface area (Å²) in [6, 6.07) is 0. The van der Waals surface area contributed by atoms with Gasteiger partial charge in [0, 0.05) is 32.4 Å². The van der Waals surface area contributed by atoms with Crippen LogP contribution in [-0.2, 0) is 9.59 Å². The van der Waals surface area contributed by atoms with Crippen molar-refractivity contribution in [2.24, 2.45) is 11.8 Å². The molecular weight excluding hydrogens is 466 g/mol. The van der Waals surface area contributed by atoms with Gasteiger partial charge in [-0.15, -0.1) is 0 Å². The molecule has 0 spiro atoms. The number of Topliss-reactive ketones (excluding diaryl/α,β-unsaturated/α-hetero) is 2. The average molecular weight is 524 g/mol. The highest BCUT2D eigenvalue weighted by Crippen LogP contribution is 2.27. The zero-order chi connectivity index (χ0) is 26.9. The molecule has 2 aliphatic rings. The Labute approximate surface area is 227 Å². The van der Waals surface area contributed by atoms with E-state index in [0.29, 0.717) is 44.7 Å². The number of rotatable bonds is 20. The van der Waals surface area contributed by atoms with Gasteiger partial charge < -0.3 is 29.7 Å². The van der Waals surface area contributed by atoms with Crippen molar-refractivity contribution in [3.63, 3.8) is 0 Å². The molecule has 2 rings (SSSR count). The second-order valence-electron chi connectivity index (χ2n) is 11.8. The van der Waals surface area contributed by atoms with Crippen LogP contribution in [0.3, 0.4) is 0 Å². The van der Waals surface area contributed by atoms with E-state index in [1.807, 2.05) is 0 Å². The lowest BCUT2D eigenvalue weighted by Gasteiger charge is -2.33. The fourth-order valence-corrected chi connectivity index (χ4v) is 6.12. The van der Waals surface area contributed by atoms with E-state index < -0.39 is 6.10 Å². The third-order valence-corrected chi connectivity index (χ3v) is 8.50. The first-order valence-corrected chi connectivity index (χ1v) is 15.4. The van der Waals surface area contributed by atoms with Gasteiger partial charge in [-0.2, -0.15) is 0 Å². The molecule has 2 saturated heterocycles. The fourth-order valence-electron chi connectivity index (χ4n) is 6.12. The van der Waals surface area contributed by atoms with Crippen molar-refractivity contribution in [3.05, 3.63) is 0 Å². The number of piperidine rings is 2. The predicted octanol–water partition coefficient (Wildman–Crippen LogP) is 3.75. The van der Waals surface area contributed by atoms with E-state index in [2.05, 4.69) is 21.6 Å². The molecule has 2 fully saturated rings. The molecular formula is C30H57N3O4. The number of carbonyl (C=O) groups excluding carboxylic acids is 2. The number of carbonyl (C=O) groups is 2. The zero-order valence-corrected chi connectivity index (χ0v) is 24.0. The van der Waals surface area contributed by atoms with E-state index in [9.17, 15) is 14.7 Å². The standard InChI is InChI=1S/C30H57N3O4/c1-3-16-31-19-11-27(12-20-31)8-4-9-28-13-21-32(22-14-28)23-15-29(36)10-6-18-33(24-30(37)25-34)17-5-7-26(2)35/h27-28,30,34,37H,3-25H2,1-2H3. The molecule has 0 amide bonds. The molecule has 216 valence electrons. The van der Waals surface area contributed by atoms with Crippen LogP contribution in [0.5, 0.6) is 0 Å². The Hall–Kier alpha value is -0.860. The highest BCUT2D eigenvalue weighted by atomic mass is 16.3. The van der Waals surface area contributed by atoms with Gasteiger partial charge in [0.05, 0.1) is 12.7 Å². The maximum atomic E-state index is 12.5. The van der Waals surface area contributed by atoms with Crippen molar-refractivity contribution in [1.29, 1.82) is 0 Å². The first kappa shape index (κ1) is 32.4. The molecule has 2 aliphatic heterocycles. The SMILES string of the molecule is CCCN1CCC(CCCC2CCN(CCC(=O)CCCN(CCCC(C)=O)CC(O)CO)CC2)CC1. The first-order chi connectivity index (χ1) is 17.9. The third kappa shape index (κ3) is 14.8. The summed E-state index contributed by atoms with van der Waals surface area (Å²) in [5.41, 5.74) is 0. The lowest BCUT2D eigenvalue weighted by Crippen LogP contribution is -2.36. The summed E-state index contributed by atoms with van der Waals surface area (Å²) in [5, 5.41) is 18.9. The van der Waals surface area contributed by atoms with Gasteiger partial charge in [-0.05, 0) is 110 Å². The quantitative estimate of drug-likeness (QED) is 0.251. The number of aliphatic hydroxyl groups is 2. The Kier molecular flexibility index (Phi) is 16.8. The Morgan fingerprint density at radius 3 is 1.89 bits per heavy atom. The van der Waals surface area contributed by atoms with Crippen molar-refractivity contribution in [3.8, 4) is 0 Å². The highest BCUT2D eigenvalue weighted by Gasteiger charge is 2.22. The average Bonchev–Trinajstić information content (AvgIpc) is 2.89. The largest absolute Gasteiger partial charge is 0.394 e. The monoisotopic (exact) mass is 523 g/mol. The van der Waals surface area contributed by atoms with Crippen molar-refractivity contribution in [2.75, 3.05) is 65.5 Å². The third-order valence-electron chi connectivity index (χ3n) is 8.50. The van der Waals surface area contributed by atoms with Gasteiger partial charge in [-0.1, -0.05) is 26.2 Å². The molecule has 0 aliphatic carbocycles. The first-order valence-electron chi connectivity index (χ1n) is 15.4. The molecule has 0 saturated carbocycles. The van der Waals surface area contributed by atoms with Crippen LogP contribution in [0.1, 0.15) is 97.3 Å². The zero-order valence-electron chi connectivity index (χ0n) is 24.0. The van der Waals surface area contributed by atoms with Gasteiger partial charge >= 0.3 is 0 Å². The number of likely N-dealkylation sites (tertiary alicyclic amines) is 2. The van der Waals surface area contributed by atoms with Crippen LogP contribution in [0.15, 0.2) is 0 Å². The Morgan fingerprint density at radius 2 is 1.38 bits per heavy atom. The van der Waals surface area contributed by atoms with Crippen molar-refractivity contribution >= 4 is 11.6 Å². The Bertz CT molecular complexity index is 616. The summed E-state index contributed by atoms with van der Waals surface area (Å²) in [5.74, 6) is 2.31. The highest BCUT2D eigenvalue weighted by molar-refractivity contribution is 5.78. The van der Waals surface area contributed by atoms with E-state index >= 15 is 0 Å². The van der Waals surface area contributed by atoms with Gasteiger partial charge in [0.1, 0.15) is 11.6 Å². The van der Waals surface area contributed by atoms with Crippen molar-refractivity contribution in [2.45, 2.75) is 103 Å². The summed E-state index contributed by atoms with van der Waals surface area (Å²) >= 11 is 0. The summed E-state index contributed by atoms with van der Waals surface area (Å²) < 4.78 is 0. The molecule has 0 aromatic rings. The van der Waals surface area contributed by atoms with Crippen LogP contribution >= 0.6 is 0 Å². The molecule has 0 radical (unpaired) electrons. The van der Waals surface area contributed by atoms with Crippen LogP contribution in [0.4, 0.5) is 0 Å². The number of aliphatic hydroxyl groups excluding tert-OH is 2.